The number of fused-ring (bicyclic) bond motifs is 1. The molecule has 2 aromatic rings. The maximum Gasteiger partial charge on any atom is 0.243 e. The molecule has 6 nitrogen and oxygen atoms in total. The maximum absolute atomic E-state index is 11.9. The van der Waals surface area contributed by atoms with Gasteiger partial charge in [-0.3, -0.25) is 9.59 Å². The number of carbonyl (C=O) groups excluding carboxylic acids is 2. The lowest BCUT2D eigenvalue weighted by atomic mass is 9.92. The van der Waals surface area contributed by atoms with Gasteiger partial charge in [-0.05, 0) is 29.7 Å². The van der Waals surface area contributed by atoms with Crippen LogP contribution in [0.4, 0.5) is 5.69 Å². The van der Waals surface area contributed by atoms with Gasteiger partial charge in [0.25, 0.3) is 0 Å². The van der Waals surface area contributed by atoms with Crippen molar-refractivity contribution in [1.29, 1.82) is 0 Å². The van der Waals surface area contributed by atoms with Crippen LogP contribution in [0.1, 0.15) is 33.1 Å². The molecule has 1 heterocycles. The normalized spacial score (nSPS) is 11.3. The van der Waals surface area contributed by atoms with Gasteiger partial charge in [-0.1, -0.05) is 27.4 Å². The molecule has 0 aliphatic rings. The second-order valence-electron chi connectivity index (χ2n) is 6.82. The average molecular weight is 329 g/mol. The summed E-state index contributed by atoms with van der Waals surface area (Å²) < 4.78 is 5.73. The Hall–Kier alpha value is -2.63. The summed E-state index contributed by atoms with van der Waals surface area (Å²) in [4.78, 5) is 27.4. The van der Waals surface area contributed by atoms with Gasteiger partial charge in [0.15, 0.2) is 11.5 Å². The molecule has 128 valence electrons. The van der Waals surface area contributed by atoms with E-state index < -0.39 is 0 Å². The van der Waals surface area contributed by atoms with Gasteiger partial charge in [-0.2, -0.15) is 0 Å². The summed E-state index contributed by atoms with van der Waals surface area (Å²) in [6.45, 7) is 9.98. The molecule has 2 amide bonds. The minimum Gasteiger partial charge on any atom is -0.441 e. The molecule has 0 atom stereocenters. The van der Waals surface area contributed by atoms with E-state index in [1.54, 1.807) is 18.2 Å². The van der Waals surface area contributed by atoms with Crippen molar-refractivity contribution in [3.8, 4) is 0 Å². The van der Waals surface area contributed by atoms with Crippen molar-refractivity contribution in [3.05, 3.63) is 36.7 Å². The number of nitrogens with zero attached hydrogens (tertiary/aromatic N) is 1. The summed E-state index contributed by atoms with van der Waals surface area (Å²) in [5.41, 5.74) is 2.16. The average Bonchev–Trinajstić information content (AvgIpc) is 2.86. The Labute approximate surface area is 141 Å². The standard InChI is InChI=1S/C18H23N3O3/c1-5-15(22)19-9-8-16(23)20-12-6-7-14-13(10-12)21-17(24-14)11-18(2,3)4/h5-7,10H,1,8-9,11H2,2-4H3,(H,19,22)(H,20,23). The fourth-order valence-electron chi connectivity index (χ4n) is 2.18. The van der Waals surface area contributed by atoms with Gasteiger partial charge in [0.1, 0.15) is 5.52 Å². The van der Waals surface area contributed by atoms with Crippen LogP contribution in [0.3, 0.4) is 0 Å². The molecule has 0 fully saturated rings. The van der Waals surface area contributed by atoms with Gasteiger partial charge in [0.05, 0.1) is 0 Å². The van der Waals surface area contributed by atoms with Gasteiger partial charge in [-0.25, -0.2) is 4.98 Å². The Morgan fingerprint density at radius 1 is 1.33 bits per heavy atom. The summed E-state index contributed by atoms with van der Waals surface area (Å²) in [6.07, 6.45) is 2.10. The van der Waals surface area contributed by atoms with E-state index in [1.165, 1.54) is 6.08 Å². The number of oxazole rings is 1. The summed E-state index contributed by atoms with van der Waals surface area (Å²) in [6, 6.07) is 5.35. The van der Waals surface area contributed by atoms with Gasteiger partial charge in [-0.15, -0.1) is 0 Å². The van der Waals surface area contributed by atoms with Crippen LogP contribution in [0, 0.1) is 5.41 Å². The lowest BCUT2D eigenvalue weighted by Gasteiger charge is -2.14. The second-order valence-corrected chi connectivity index (χ2v) is 6.82. The van der Waals surface area contributed by atoms with E-state index in [0.717, 1.165) is 6.42 Å². The zero-order chi connectivity index (χ0) is 17.7. The molecule has 0 saturated heterocycles. The molecule has 0 spiro atoms. The van der Waals surface area contributed by atoms with Crippen molar-refractivity contribution in [3.63, 3.8) is 0 Å². The largest absolute Gasteiger partial charge is 0.441 e. The monoisotopic (exact) mass is 329 g/mol. The van der Waals surface area contributed by atoms with Crippen molar-refractivity contribution in [2.24, 2.45) is 5.41 Å². The highest BCUT2D eigenvalue weighted by Gasteiger charge is 2.16. The first-order chi connectivity index (χ1) is 11.3. The van der Waals surface area contributed by atoms with E-state index in [0.29, 0.717) is 22.7 Å². The molecule has 24 heavy (non-hydrogen) atoms. The Kier molecular flexibility index (Phi) is 5.39. The number of rotatable bonds is 6. The second kappa shape index (κ2) is 7.29. The van der Waals surface area contributed by atoms with Crippen molar-refractivity contribution in [2.45, 2.75) is 33.6 Å². The van der Waals surface area contributed by atoms with Crippen LogP contribution in [0.5, 0.6) is 0 Å². The van der Waals surface area contributed by atoms with Crippen LogP contribution >= 0.6 is 0 Å². The highest BCUT2D eigenvalue weighted by atomic mass is 16.3. The first-order valence-corrected chi connectivity index (χ1v) is 7.86. The van der Waals surface area contributed by atoms with Crippen molar-refractivity contribution in [2.75, 3.05) is 11.9 Å². The maximum atomic E-state index is 11.9. The van der Waals surface area contributed by atoms with Gasteiger partial charge in [0, 0.05) is 25.1 Å². The van der Waals surface area contributed by atoms with E-state index in [4.69, 9.17) is 4.42 Å². The molecule has 0 aliphatic heterocycles. The van der Waals surface area contributed by atoms with E-state index in [-0.39, 0.29) is 30.2 Å². The van der Waals surface area contributed by atoms with Crippen molar-refractivity contribution >= 4 is 28.6 Å². The zero-order valence-corrected chi connectivity index (χ0v) is 14.3. The highest BCUT2D eigenvalue weighted by molar-refractivity contribution is 5.93. The van der Waals surface area contributed by atoms with E-state index in [2.05, 4.69) is 43.0 Å². The molecule has 0 radical (unpaired) electrons. The van der Waals surface area contributed by atoms with Gasteiger partial charge < -0.3 is 15.1 Å². The molecule has 2 rings (SSSR count). The number of hydrogen-bond donors (Lipinski definition) is 2. The van der Waals surface area contributed by atoms with Crippen LogP contribution in [0.25, 0.3) is 11.1 Å². The number of benzene rings is 1. The third-order valence-electron chi connectivity index (χ3n) is 3.23. The minimum atomic E-state index is -0.293. The Morgan fingerprint density at radius 2 is 2.08 bits per heavy atom. The summed E-state index contributed by atoms with van der Waals surface area (Å²) in [7, 11) is 0. The lowest BCUT2D eigenvalue weighted by Crippen LogP contribution is -2.25. The van der Waals surface area contributed by atoms with Crippen LogP contribution in [0.15, 0.2) is 35.3 Å². The topological polar surface area (TPSA) is 84.2 Å². The molecule has 0 aliphatic carbocycles. The molecule has 1 aromatic carbocycles. The zero-order valence-electron chi connectivity index (χ0n) is 14.3. The Balaban J connectivity index is 1.98. The van der Waals surface area contributed by atoms with E-state index in [9.17, 15) is 9.59 Å². The lowest BCUT2D eigenvalue weighted by molar-refractivity contribution is -0.117. The van der Waals surface area contributed by atoms with Crippen molar-refractivity contribution < 1.29 is 14.0 Å². The van der Waals surface area contributed by atoms with E-state index >= 15 is 0 Å². The third-order valence-corrected chi connectivity index (χ3v) is 3.23. The molecular formula is C18H23N3O3. The smallest absolute Gasteiger partial charge is 0.243 e. The third kappa shape index (κ3) is 5.22. The van der Waals surface area contributed by atoms with Crippen molar-refractivity contribution in [1.82, 2.24) is 10.3 Å². The molecule has 0 bridgehead atoms. The number of carbonyl (C=O) groups is 2. The SMILES string of the molecule is C=CC(=O)NCCC(=O)Nc1ccc2oc(CC(C)(C)C)nc2c1. The summed E-state index contributed by atoms with van der Waals surface area (Å²) >= 11 is 0. The first kappa shape index (κ1) is 17.7. The van der Waals surface area contributed by atoms with Gasteiger partial charge in [0.2, 0.25) is 11.8 Å². The Morgan fingerprint density at radius 3 is 2.75 bits per heavy atom. The minimum absolute atomic E-state index is 0.0911. The summed E-state index contributed by atoms with van der Waals surface area (Å²) in [5.74, 6) is 0.212. The molecule has 6 heteroatoms. The molecular weight excluding hydrogens is 306 g/mol. The number of amides is 2. The highest BCUT2D eigenvalue weighted by Crippen LogP contribution is 2.25. The quantitative estimate of drug-likeness (QED) is 0.798. The number of nitrogens with one attached hydrogen (secondary N) is 2. The molecule has 2 N–H and O–H groups in total. The van der Waals surface area contributed by atoms with Crippen LogP contribution < -0.4 is 10.6 Å². The number of hydrogen-bond acceptors (Lipinski definition) is 4. The summed E-state index contributed by atoms with van der Waals surface area (Å²) in [5, 5.41) is 5.34. The van der Waals surface area contributed by atoms with E-state index in [1.807, 2.05) is 0 Å². The number of aromatic nitrogens is 1. The van der Waals surface area contributed by atoms with Crippen LogP contribution in [0.2, 0.25) is 0 Å². The fourth-order valence-corrected chi connectivity index (χ4v) is 2.18. The molecule has 1 aromatic heterocycles. The number of anilines is 1. The predicted molar refractivity (Wildman–Crippen MR) is 93.6 cm³/mol. The van der Waals surface area contributed by atoms with Crippen LogP contribution in [-0.4, -0.2) is 23.3 Å². The molecule has 0 unspecified atom stereocenters. The molecule has 0 saturated carbocycles. The Bertz CT molecular complexity index is 756. The first-order valence-electron chi connectivity index (χ1n) is 7.86. The van der Waals surface area contributed by atoms with Gasteiger partial charge >= 0.3 is 0 Å². The predicted octanol–water partition coefficient (Wildman–Crippen LogP) is 3.05. The van der Waals surface area contributed by atoms with Crippen LogP contribution in [-0.2, 0) is 16.0 Å². The fraction of sp³-hybridized carbons (Fsp3) is 0.389.